The van der Waals surface area contributed by atoms with Crippen molar-refractivity contribution < 1.29 is 24.0 Å². The first kappa shape index (κ1) is 26.4. The molecule has 34 heavy (non-hydrogen) atoms. The molecule has 0 aromatic heterocycles. The predicted molar refractivity (Wildman–Crippen MR) is 127 cm³/mol. The van der Waals surface area contributed by atoms with Crippen molar-refractivity contribution in [1.82, 2.24) is 0 Å². The molecule has 2 aromatic rings. The molecule has 0 atom stereocenters. The van der Waals surface area contributed by atoms with Crippen LogP contribution in [0.4, 0.5) is 28.4 Å². The maximum Gasteiger partial charge on any atom is 0.307 e. The smallest absolute Gasteiger partial charge is 0.307 e. The monoisotopic (exact) mass is 489 g/mol. The first-order valence-corrected chi connectivity index (χ1v) is 10.6. The molecule has 1 N–H and O–H groups in total. The lowest BCUT2D eigenvalue weighted by atomic mass is 10.2. The molecule has 12 heteroatoms. The van der Waals surface area contributed by atoms with Crippen LogP contribution in [0.1, 0.15) is 26.7 Å². The number of methoxy groups -OCH3 is 1. The third kappa shape index (κ3) is 7.93. The van der Waals surface area contributed by atoms with Gasteiger partial charge in [0, 0.05) is 44.3 Å². The van der Waals surface area contributed by atoms with Crippen LogP contribution in [0.3, 0.4) is 0 Å². The van der Waals surface area contributed by atoms with E-state index in [2.05, 4.69) is 15.5 Å². The number of esters is 1. The molecular formula is C22H24ClN5O6. The summed E-state index contributed by atoms with van der Waals surface area (Å²) in [5.41, 5.74) is 1.35. The summed E-state index contributed by atoms with van der Waals surface area (Å²) in [5.74, 6) is -0.734. The Balaban J connectivity index is 2.37. The van der Waals surface area contributed by atoms with Crippen LogP contribution in [0.25, 0.3) is 0 Å². The maximum atomic E-state index is 11.8. The number of ketones is 1. The zero-order chi connectivity index (χ0) is 25.3. The minimum Gasteiger partial charge on any atom is -0.469 e. The van der Waals surface area contributed by atoms with Gasteiger partial charge in [-0.05, 0) is 31.2 Å². The average molecular weight is 490 g/mol. The summed E-state index contributed by atoms with van der Waals surface area (Å²) in [7, 11) is 1.30. The lowest BCUT2D eigenvalue weighted by molar-refractivity contribution is -0.384. The highest BCUT2D eigenvalue weighted by Crippen LogP contribution is 2.34. The molecule has 0 aliphatic rings. The fourth-order valence-electron chi connectivity index (χ4n) is 2.89. The Morgan fingerprint density at radius 2 is 1.71 bits per heavy atom. The lowest BCUT2D eigenvalue weighted by Gasteiger charge is -2.25. The summed E-state index contributed by atoms with van der Waals surface area (Å²) < 4.78 is 4.70. The number of rotatable bonds is 11. The number of nitro groups is 1. The van der Waals surface area contributed by atoms with E-state index in [1.54, 1.807) is 18.2 Å². The molecule has 0 heterocycles. The highest BCUT2D eigenvalue weighted by molar-refractivity contribution is 6.33. The molecule has 180 valence electrons. The lowest BCUT2D eigenvalue weighted by Crippen LogP contribution is -2.28. The fraction of sp³-hybridized carbons (Fsp3) is 0.318. The molecule has 0 fully saturated rings. The summed E-state index contributed by atoms with van der Waals surface area (Å²) in [6.45, 7) is 3.49. The van der Waals surface area contributed by atoms with Gasteiger partial charge in [0.2, 0.25) is 5.91 Å². The van der Waals surface area contributed by atoms with E-state index in [0.29, 0.717) is 30.2 Å². The molecule has 0 radical (unpaired) electrons. The number of ether oxygens (including phenoxy) is 1. The number of halogens is 1. The van der Waals surface area contributed by atoms with E-state index in [1.807, 2.05) is 4.90 Å². The van der Waals surface area contributed by atoms with E-state index in [0.717, 1.165) is 0 Å². The number of carbonyl (C=O) groups is 3. The van der Waals surface area contributed by atoms with Crippen molar-refractivity contribution in [1.29, 1.82) is 0 Å². The molecule has 0 spiro atoms. The molecule has 0 bridgehead atoms. The first-order chi connectivity index (χ1) is 16.1. The van der Waals surface area contributed by atoms with Crippen LogP contribution in [0, 0.1) is 10.1 Å². The number of anilines is 2. The molecule has 1 amide bonds. The maximum absolute atomic E-state index is 11.8. The molecule has 0 unspecified atom stereocenters. The number of nitrogens with one attached hydrogen (secondary N) is 1. The number of amides is 1. The zero-order valence-electron chi connectivity index (χ0n) is 18.9. The van der Waals surface area contributed by atoms with Gasteiger partial charge in [-0.1, -0.05) is 11.6 Å². The topological polar surface area (TPSA) is 144 Å². The van der Waals surface area contributed by atoms with Gasteiger partial charge < -0.3 is 15.0 Å². The van der Waals surface area contributed by atoms with Crippen molar-refractivity contribution in [3.63, 3.8) is 0 Å². The van der Waals surface area contributed by atoms with Crippen molar-refractivity contribution in [2.24, 2.45) is 10.2 Å². The van der Waals surface area contributed by atoms with Crippen LogP contribution in [0.5, 0.6) is 0 Å². The van der Waals surface area contributed by atoms with Gasteiger partial charge in [0.1, 0.15) is 17.2 Å². The standard InChI is InChI=1S/C22H24ClN5O6/c1-14(29)8-10-27(11-9-22(31)34-3)16-4-7-20(21(13-16)24-15(2)30)26-25-19-6-5-17(28(32)33)12-18(19)23/h4-7,12-13H,8-11H2,1-3H3,(H,24,30). The normalized spacial score (nSPS) is 10.7. The van der Waals surface area contributed by atoms with Crippen molar-refractivity contribution in [2.45, 2.75) is 26.7 Å². The summed E-state index contributed by atoms with van der Waals surface area (Å²) >= 11 is 6.06. The third-order valence-corrected chi connectivity index (χ3v) is 4.91. The molecule has 2 rings (SSSR count). The number of Topliss-reactive ketones (excluding diaryl/α,β-unsaturated/α-hetero) is 1. The Morgan fingerprint density at radius 1 is 1.06 bits per heavy atom. The number of azo groups is 1. The minimum absolute atomic E-state index is 0.00412. The summed E-state index contributed by atoms with van der Waals surface area (Å²) in [6.07, 6.45) is 0.390. The van der Waals surface area contributed by atoms with E-state index in [1.165, 1.54) is 39.2 Å². The van der Waals surface area contributed by atoms with Gasteiger partial charge in [0.25, 0.3) is 5.69 Å². The van der Waals surface area contributed by atoms with Crippen molar-refractivity contribution in [3.8, 4) is 0 Å². The van der Waals surface area contributed by atoms with Crippen LogP contribution in [-0.4, -0.2) is 42.8 Å². The zero-order valence-corrected chi connectivity index (χ0v) is 19.7. The summed E-state index contributed by atoms with van der Waals surface area (Å²) in [6, 6.07) is 8.78. The third-order valence-electron chi connectivity index (χ3n) is 4.61. The molecule has 0 aliphatic carbocycles. The second-order valence-electron chi connectivity index (χ2n) is 7.24. The first-order valence-electron chi connectivity index (χ1n) is 10.2. The number of benzene rings is 2. The van der Waals surface area contributed by atoms with Crippen LogP contribution in [0.15, 0.2) is 46.6 Å². The van der Waals surface area contributed by atoms with E-state index in [-0.39, 0.29) is 46.9 Å². The minimum atomic E-state index is -0.571. The number of nitrogens with zero attached hydrogens (tertiary/aromatic N) is 4. The quantitative estimate of drug-likeness (QED) is 0.203. The van der Waals surface area contributed by atoms with Gasteiger partial charge in [-0.2, -0.15) is 0 Å². The number of nitro benzene ring substituents is 1. The Hall–Kier alpha value is -3.86. The van der Waals surface area contributed by atoms with E-state index < -0.39 is 4.92 Å². The Bertz CT molecular complexity index is 1120. The molecule has 0 aliphatic heterocycles. The van der Waals surface area contributed by atoms with Crippen LogP contribution in [-0.2, 0) is 19.1 Å². The molecule has 2 aromatic carbocycles. The van der Waals surface area contributed by atoms with E-state index in [9.17, 15) is 24.5 Å². The summed E-state index contributed by atoms with van der Waals surface area (Å²) in [4.78, 5) is 47.0. The molecule has 0 saturated carbocycles. The van der Waals surface area contributed by atoms with Crippen molar-refractivity contribution in [2.75, 3.05) is 30.4 Å². The van der Waals surface area contributed by atoms with Crippen LogP contribution in [0.2, 0.25) is 5.02 Å². The number of carbonyl (C=O) groups excluding carboxylic acids is 3. The Morgan fingerprint density at radius 3 is 2.29 bits per heavy atom. The Labute approximate surface area is 200 Å². The largest absolute Gasteiger partial charge is 0.469 e. The van der Waals surface area contributed by atoms with E-state index >= 15 is 0 Å². The van der Waals surface area contributed by atoms with Crippen molar-refractivity contribution >= 4 is 57.7 Å². The Kier molecular flexibility index (Phi) is 9.62. The SMILES string of the molecule is COC(=O)CCN(CCC(C)=O)c1ccc(N=Nc2ccc([N+](=O)[O-])cc2Cl)c(NC(C)=O)c1. The second-order valence-corrected chi connectivity index (χ2v) is 7.65. The second kappa shape index (κ2) is 12.4. The molecule has 11 nitrogen and oxygen atoms in total. The average Bonchev–Trinajstić information content (AvgIpc) is 2.78. The van der Waals surface area contributed by atoms with Gasteiger partial charge in [0.15, 0.2) is 0 Å². The highest BCUT2D eigenvalue weighted by Gasteiger charge is 2.14. The molecular weight excluding hydrogens is 466 g/mol. The number of hydrogen-bond acceptors (Lipinski definition) is 9. The van der Waals surface area contributed by atoms with Gasteiger partial charge in [-0.25, -0.2) is 0 Å². The van der Waals surface area contributed by atoms with Crippen molar-refractivity contribution in [3.05, 3.63) is 51.5 Å². The van der Waals surface area contributed by atoms with Gasteiger partial charge in [-0.3, -0.25) is 24.5 Å². The highest BCUT2D eigenvalue weighted by atomic mass is 35.5. The van der Waals surface area contributed by atoms with Gasteiger partial charge >= 0.3 is 5.97 Å². The van der Waals surface area contributed by atoms with Crippen LogP contribution < -0.4 is 10.2 Å². The van der Waals surface area contributed by atoms with E-state index in [4.69, 9.17) is 16.3 Å². The summed E-state index contributed by atoms with van der Waals surface area (Å²) in [5, 5.41) is 21.8. The van der Waals surface area contributed by atoms with Crippen LogP contribution >= 0.6 is 11.6 Å². The number of non-ortho nitro benzene ring substituents is 1. The van der Waals surface area contributed by atoms with Gasteiger partial charge in [0.05, 0.1) is 29.2 Å². The van der Waals surface area contributed by atoms with Gasteiger partial charge in [-0.15, -0.1) is 10.2 Å². The predicted octanol–water partition coefficient (Wildman–Crippen LogP) is 4.97. The fourth-order valence-corrected chi connectivity index (χ4v) is 3.10. The molecule has 0 saturated heterocycles. The number of hydrogen-bond donors (Lipinski definition) is 1.